The Morgan fingerprint density at radius 1 is 1.33 bits per heavy atom. The minimum atomic E-state index is -0.263. The van der Waals surface area contributed by atoms with Crippen LogP contribution >= 0.6 is 23.8 Å². The molecular formula is C14H15ClN2O3S. The molecule has 7 heteroatoms. The molecule has 2 rings (SSSR count). The standard InChI is InChI=1S/C14H15ClN2O3S/c1-19-6-5-17-11(8-13(18)16-14(17)21)10-4-3-9(15)7-12(10)20-2/h3-4,7-8H,5-6H2,1-2H3,(H,16,18,21). The number of hydrogen-bond acceptors (Lipinski definition) is 4. The van der Waals surface area contributed by atoms with Crippen LogP contribution in [0.1, 0.15) is 0 Å². The smallest absolute Gasteiger partial charge is 0.252 e. The zero-order valence-corrected chi connectivity index (χ0v) is 13.3. The number of benzene rings is 1. The fraction of sp³-hybridized carbons (Fsp3) is 0.286. The molecule has 0 radical (unpaired) electrons. The number of aromatic nitrogens is 2. The Balaban J connectivity index is 2.67. The van der Waals surface area contributed by atoms with Gasteiger partial charge in [0.05, 0.1) is 19.4 Å². The van der Waals surface area contributed by atoms with Crippen molar-refractivity contribution in [1.29, 1.82) is 0 Å². The maximum Gasteiger partial charge on any atom is 0.252 e. The van der Waals surface area contributed by atoms with Gasteiger partial charge in [-0.05, 0) is 30.4 Å². The van der Waals surface area contributed by atoms with E-state index in [2.05, 4.69) is 4.98 Å². The van der Waals surface area contributed by atoms with Crippen LogP contribution in [0.15, 0.2) is 29.1 Å². The van der Waals surface area contributed by atoms with E-state index in [0.717, 1.165) is 5.56 Å². The first-order chi connectivity index (χ1) is 10.1. The van der Waals surface area contributed by atoms with Gasteiger partial charge in [0.15, 0.2) is 4.77 Å². The highest BCUT2D eigenvalue weighted by Crippen LogP contribution is 2.31. The third-order valence-corrected chi connectivity index (χ3v) is 3.55. The topological polar surface area (TPSA) is 56.2 Å². The molecule has 0 aliphatic rings. The molecule has 0 aliphatic carbocycles. The van der Waals surface area contributed by atoms with Crippen LogP contribution in [0.25, 0.3) is 11.3 Å². The van der Waals surface area contributed by atoms with Gasteiger partial charge < -0.3 is 14.0 Å². The number of aromatic amines is 1. The van der Waals surface area contributed by atoms with E-state index < -0.39 is 0 Å². The summed E-state index contributed by atoms with van der Waals surface area (Å²) >= 11 is 11.2. The summed E-state index contributed by atoms with van der Waals surface area (Å²) in [5, 5.41) is 0.558. The fourth-order valence-corrected chi connectivity index (χ4v) is 2.48. The summed E-state index contributed by atoms with van der Waals surface area (Å²) in [7, 11) is 3.16. The molecule has 0 saturated carbocycles. The first-order valence-electron chi connectivity index (χ1n) is 6.24. The second kappa shape index (κ2) is 6.89. The number of hydrogen-bond donors (Lipinski definition) is 1. The van der Waals surface area contributed by atoms with Crippen LogP contribution in [0.4, 0.5) is 0 Å². The van der Waals surface area contributed by atoms with E-state index in [4.69, 9.17) is 33.3 Å². The highest BCUT2D eigenvalue weighted by Gasteiger charge is 2.12. The van der Waals surface area contributed by atoms with Crippen molar-refractivity contribution >= 4 is 23.8 Å². The molecule has 1 N–H and O–H groups in total. The second-order valence-electron chi connectivity index (χ2n) is 4.31. The molecule has 0 unspecified atom stereocenters. The van der Waals surface area contributed by atoms with Crippen LogP contribution < -0.4 is 10.3 Å². The first kappa shape index (κ1) is 15.8. The van der Waals surface area contributed by atoms with Gasteiger partial charge in [-0.1, -0.05) is 11.6 Å². The number of halogens is 1. The molecule has 0 saturated heterocycles. The maximum atomic E-state index is 11.7. The molecule has 5 nitrogen and oxygen atoms in total. The van der Waals surface area contributed by atoms with E-state index in [9.17, 15) is 4.79 Å². The highest BCUT2D eigenvalue weighted by molar-refractivity contribution is 7.71. The van der Waals surface area contributed by atoms with Gasteiger partial charge in [0.2, 0.25) is 0 Å². The van der Waals surface area contributed by atoms with Crippen molar-refractivity contribution in [2.24, 2.45) is 0 Å². The largest absolute Gasteiger partial charge is 0.496 e. The van der Waals surface area contributed by atoms with Crippen molar-refractivity contribution in [1.82, 2.24) is 9.55 Å². The number of nitrogens with one attached hydrogen (secondary N) is 1. The van der Waals surface area contributed by atoms with Crippen molar-refractivity contribution in [2.75, 3.05) is 20.8 Å². The molecule has 0 fully saturated rings. The average Bonchev–Trinajstić information content (AvgIpc) is 2.45. The van der Waals surface area contributed by atoms with Gasteiger partial charge in [-0.2, -0.15) is 0 Å². The summed E-state index contributed by atoms with van der Waals surface area (Å²) in [5.41, 5.74) is 1.14. The Bertz CT molecular complexity index is 755. The third-order valence-electron chi connectivity index (χ3n) is 2.99. The maximum absolute atomic E-state index is 11.7. The van der Waals surface area contributed by atoms with Crippen molar-refractivity contribution < 1.29 is 9.47 Å². The highest BCUT2D eigenvalue weighted by atomic mass is 35.5. The van der Waals surface area contributed by atoms with Gasteiger partial charge in [0.1, 0.15) is 5.75 Å². The van der Waals surface area contributed by atoms with Gasteiger partial charge in [-0.25, -0.2) is 0 Å². The SMILES string of the molecule is COCCn1c(-c2ccc(Cl)cc2OC)cc(=O)[nH]c1=S. The molecule has 112 valence electrons. The normalized spacial score (nSPS) is 10.6. The number of ether oxygens (including phenoxy) is 2. The van der Waals surface area contributed by atoms with Crippen LogP contribution in [0.5, 0.6) is 5.75 Å². The Morgan fingerprint density at radius 2 is 2.10 bits per heavy atom. The van der Waals surface area contributed by atoms with E-state index >= 15 is 0 Å². The quantitative estimate of drug-likeness (QED) is 0.858. The van der Waals surface area contributed by atoms with Gasteiger partial charge in [0, 0.05) is 30.3 Å². The van der Waals surface area contributed by atoms with Crippen molar-refractivity contribution in [3.05, 3.63) is 44.4 Å². The molecular weight excluding hydrogens is 312 g/mol. The third kappa shape index (κ3) is 3.53. The van der Waals surface area contributed by atoms with Crippen LogP contribution in [0.2, 0.25) is 5.02 Å². The fourth-order valence-electron chi connectivity index (χ4n) is 2.02. The zero-order valence-electron chi connectivity index (χ0n) is 11.7. The van der Waals surface area contributed by atoms with Crippen molar-refractivity contribution in [3.8, 4) is 17.0 Å². The summed E-state index contributed by atoms with van der Waals surface area (Å²) in [5.74, 6) is 0.577. The molecule has 0 atom stereocenters. The lowest BCUT2D eigenvalue weighted by molar-refractivity contribution is 0.186. The number of H-pyrrole nitrogens is 1. The Labute approximate surface area is 132 Å². The van der Waals surface area contributed by atoms with Gasteiger partial charge >= 0.3 is 0 Å². The van der Waals surface area contributed by atoms with Crippen LogP contribution in [0, 0.1) is 4.77 Å². The molecule has 0 aliphatic heterocycles. The van der Waals surface area contributed by atoms with Gasteiger partial charge in [0.25, 0.3) is 5.56 Å². The minimum absolute atomic E-state index is 0.263. The monoisotopic (exact) mass is 326 g/mol. The van der Waals surface area contributed by atoms with Crippen LogP contribution in [0.3, 0.4) is 0 Å². The number of rotatable bonds is 5. The second-order valence-corrected chi connectivity index (χ2v) is 5.14. The van der Waals surface area contributed by atoms with E-state index in [0.29, 0.717) is 34.4 Å². The molecule has 0 spiro atoms. The Morgan fingerprint density at radius 3 is 2.76 bits per heavy atom. The molecule has 1 heterocycles. The Kier molecular flexibility index (Phi) is 5.17. The Hall–Kier alpha value is -1.63. The predicted molar refractivity (Wildman–Crippen MR) is 84.8 cm³/mol. The number of methoxy groups -OCH3 is 2. The lowest BCUT2D eigenvalue weighted by atomic mass is 10.1. The van der Waals surface area contributed by atoms with Crippen molar-refractivity contribution in [2.45, 2.75) is 6.54 Å². The van der Waals surface area contributed by atoms with Crippen LogP contribution in [-0.2, 0) is 11.3 Å². The summed E-state index contributed by atoms with van der Waals surface area (Å²) in [6.45, 7) is 0.997. The average molecular weight is 327 g/mol. The summed E-state index contributed by atoms with van der Waals surface area (Å²) in [4.78, 5) is 14.3. The summed E-state index contributed by atoms with van der Waals surface area (Å²) < 4.78 is 12.6. The molecule has 0 amide bonds. The van der Waals surface area contributed by atoms with Gasteiger partial charge in [-0.15, -0.1) is 0 Å². The molecule has 1 aromatic heterocycles. The van der Waals surface area contributed by atoms with E-state index in [1.807, 2.05) is 0 Å². The lowest BCUT2D eigenvalue weighted by Gasteiger charge is -2.15. The van der Waals surface area contributed by atoms with Gasteiger partial charge in [-0.3, -0.25) is 9.78 Å². The van der Waals surface area contributed by atoms with Crippen LogP contribution in [-0.4, -0.2) is 30.4 Å². The predicted octanol–water partition coefficient (Wildman–Crippen LogP) is 2.88. The molecule has 21 heavy (non-hydrogen) atoms. The van der Waals surface area contributed by atoms with E-state index in [1.165, 1.54) is 6.07 Å². The van der Waals surface area contributed by atoms with E-state index in [-0.39, 0.29) is 5.56 Å². The minimum Gasteiger partial charge on any atom is -0.496 e. The van der Waals surface area contributed by atoms with E-state index in [1.54, 1.807) is 37.0 Å². The zero-order chi connectivity index (χ0) is 15.4. The first-order valence-corrected chi connectivity index (χ1v) is 7.02. The summed E-state index contributed by atoms with van der Waals surface area (Å²) in [6.07, 6.45) is 0. The van der Waals surface area contributed by atoms with Crippen molar-refractivity contribution in [3.63, 3.8) is 0 Å². The number of nitrogens with zero attached hydrogens (tertiary/aromatic N) is 1. The lowest BCUT2D eigenvalue weighted by Crippen LogP contribution is -2.17. The molecule has 2 aromatic rings. The molecule has 1 aromatic carbocycles. The molecule has 0 bridgehead atoms. The summed E-state index contributed by atoms with van der Waals surface area (Å²) in [6, 6.07) is 6.72.